The summed E-state index contributed by atoms with van der Waals surface area (Å²) in [6.07, 6.45) is 9.10. The van der Waals surface area contributed by atoms with Crippen LogP contribution >= 0.6 is 11.8 Å². The highest BCUT2D eigenvalue weighted by Gasteiger charge is 2.27. The van der Waals surface area contributed by atoms with Gasteiger partial charge in [-0.2, -0.15) is 11.8 Å². The van der Waals surface area contributed by atoms with Crippen LogP contribution in [-0.4, -0.2) is 48.5 Å². The SMILES string of the molecule is CCCNC1CCCN(CCCCCSC)C1=O. The fourth-order valence-corrected chi connectivity index (χ4v) is 2.89. The predicted molar refractivity (Wildman–Crippen MR) is 80.1 cm³/mol. The predicted octanol–water partition coefficient (Wildman–Crippen LogP) is 2.51. The molecule has 3 nitrogen and oxygen atoms in total. The summed E-state index contributed by atoms with van der Waals surface area (Å²) in [6, 6.07) is 0.0879. The highest BCUT2D eigenvalue weighted by atomic mass is 32.2. The molecule has 18 heavy (non-hydrogen) atoms. The first-order valence-corrected chi connectivity index (χ1v) is 8.70. The van der Waals surface area contributed by atoms with E-state index in [2.05, 4.69) is 23.4 Å². The molecule has 0 radical (unpaired) electrons. The number of thioether (sulfide) groups is 1. The normalized spacial score (nSPS) is 20.4. The molecule has 1 heterocycles. The van der Waals surface area contributed by atoms with Crippen molar-refractivity contribution >= 4 is 17.7 Å². The Hall–Kier alpha value is -0.220. The van der Waals surface area contributed by atoms with Crippen molar-refractivity contribution in [2.45, 2.75) is 51.5 Å². The lowest BCUT2D eigenvalue weighted by atomic mass is 10.0. The van der Waals surface area contributed by atoms with Gasteiger partial charge in [0.25, 0.3) is 0 Å². The molecule has 0 aliphatic carbocycles. The summed E-state index contributed by atoms with van der Waals surface area (Å²) < 4.78 is 0. The monoisotopic (exact) mass is 272 g/mol. The van der Waals surface area contributed by atoms with Crippen LogP contribution in [0.5, 0.6) is 0 Å². The van der Waals surface area contributed by atoms with Gasteiger partial charge in [-0.1, -0.05) is 13.3 Å². The summed E-state index contributed by atoms with van der Waals surface area (Å²) in [5, 5.41) is 3.37. The summed E-state index contributed by atoms with van der Waals surface area (Å²) in [4.78, 5) is 14.3. The smallest absolute Gasteiger partial charge is 0.239 e. The lowest BCUT2D eigenvalue weighted by Crippen LogP contribution is -2.51. The fourth-order valence-electron chi connectivity index (χ4n) is 2.40. The van der Waals surface area contributed by atoms with Gasteiger partial charge in [-0.15, -0.1) is 0 Å². The van der Waals surface area contributed by atoms with Crippen LogP contribution in [0.1, 0.15) is 45.4 Å². The third-order valence-corrected chi connectivity index (χ3v) is 4.14. The van der Waals surface area contributed by atoms with Crippen molar-refractivity contribution in [1.82, 2.24) is 10.2 Å². The van der Waals surface area contributed by atoms with Crippen LogP contribution in [0.25, 0.3) is 0 Å². The second kappa shape index (κ2) is 9.68. The minimum Gasteiger partial charge on any atom is -0.341 e. The van der Waals surface area contributed by atoms with E-state index in [0.29, 0.717) is 5.91 Å². The van der Waals surface area contributed by atoms with Crippen molar-refractivity contribution in [3.05, 3.63) is 0 Å². The fraction of sp³-hybridized carbons (Fsp3) is 0.929. The summed E-state index contributed by atoms with van der Waals surface area (Å²) in [5.74, 6) is 1.58. The first-order valence-electron chi connectivity index (χ1n) is 7.30. The number of piperidine rings is 1. The molecule has 1 amide bonds. The Morgan fingerprint density at radius 3 is 2.94 bits per heavy atom. The van der Waals surface area contributed by atoms with Crippen LogP contribution < -0.4 is 5.32 Å². The molecular formula is C14H28N2OS. The quantitative estimate of drug-likeness (QED) is 0.655. The molecule has 1 fully saturated rings. The van der Waals surface area contributed by atoms with Gasteiger partial charge in [0.1, 0.15) is 0 Å². The topological polar surface area (TPSA) is 32.3 Å². The molecule has 106 valence electrons. The molecule has 1 aliphatic rings. The minimum atomic E-state index is 0.0879. The van der Waals surface area contributed by atoms with E-state index in [1.165, 1.54) is 18.6 Å². The van der Waals surface area contributed by atoms with E-state index in [0.717, 1.165) is 45.3 Å². The van der Waals surface area contributed by atoms with Gasteiger partial charge in [0.05, 0.1) is 6.04 Å². The van der Waals surface area contributed by atoms with Gasteiger partial charge in [-0.05, 0) is 50.7 Å². The van der Waals surface area contributed by atoms with Crippen molar-refractivity contribution in [3.63, 3.8) is 0 Å². The van der Waals surface area contributed by atoms with Crippen LogP contribution in [0.4, 0.5) is 0 Å². The molecule has 1 unspecified atom stereocenters. The average Bonchev–Trinajstić information content (AvgIpc) is 2.39. The summed E-state index contributed by atoms with van der Waals surface area (Å²) >= 11 is 1.91. The second-order valence-electron chi connectivity index (χ2n) is 5.03. The molecule has 1 aliphatic heterocycles. The van der Waals surface area contributed by atoms with Gasteiger partial charge < -0.3 is 10.2 Å². The van der Waals surface area contributed by atoms with Crippen LogP contribution in [0, 0.1) is 0 Å². The number of rotatable bonds is 9. The molecule has 0 bridgehead atoms. The zero-order valence-electron chi connectivity index (χ0n) is 11.9. The number of amides is 1. The van der Waals surface area contributed by atoms with E-state index in [-0.39, 0.29) is 6.04 Å². The molecular weight excluding hydrogens is 244 g/mol. The van der Waals surface area contributed by atoms with E-state index in [4.69, 9.17) is 0 Å². The van der Waals surface area contributed by atoms with Crippen molar-refractivity contribution in [2.75, 3.05) is 31.6 Å². The number of hydrogen-bond donors (Lipinski definition) is 1. The Balaban J connectivity index is 2.21. The Morgan fingerprint density at radius 2 is 2.22 bits per heavy atom. The number of carbonyl (C=O) groups excluding carboxylic acids is 1. The van der Waals surface area contributed by atoms with Gasteiger partial charge in [-0.25, -0.2) is 0 Å². The van der Waals surface area contributed by atoms with Gasteiger partial charge in [0.15, 0.2) is 0 Å². The van der Waals surface area contributed by atoms with Crippen molar-refractivity contribution in [1.29, 1.82) is 0 Å². The maximum Gasteiger partial charge on any atom is 0.239 e. The number of unbranched alkanes of at least 4 members (excludes halogenated alkanes) is 2. The molecule has 1 rings (SSSR count). The van der Waals surface area contributed by atoms with Crippen LogP contribution in [0.3, 0.4) is 0 Å². The molecule has 1 saturated heterocycles. The average molecular weight is 272 g/mol. The molecule has 1 N–H and O–H groups in total. The number of carbonyl (C=O) groups is 1. The third kappa shape index (κ3) is 5.61. The molecule has 4 heteroatoms. The molecule has 0 saturated carbocycles. The van der Waals surface area contributed by atoms with Crippen molar-refractivity contribution in [2.24, 2.45) is 0 Å². The first-order chi connectivity index (χ1) is 8.79. The number of likely N-dealkylation sites (tertiary alicyclic amines) is 1. The van der Waals surface area contributed by atoms with Gasteiger partial charge in [0, 0.05) is 13.1 Å². The lowest BCUT2D eigenvalue weighted by molar-refractivity contribution is -0.136. The van der Waals surface area contributed by atoms with Crippen molar-refractivity contribution < 1.29 is 4.79 Å². The largest absolute Gasteiger partial charge is 0.341 e. The summed E-state index contributed by atoms with van der Waals surface area (Å²) in [7, 11) is 0. The minimum absolute atomic E-state index is 0.0879. The van der Waals surface area contributed by atoms with Crippen molar-refractivity contribution in [3.8, 4) is 0 Å². The molecule has 0 aromatic carbocycles. The standard InChI is InChI=1S/C14H28N2OS/c1-3-9-15-13-8-7-11-16(14(13)17)10-5-4-6-12-18-2/h13,15H,3-12H2,1-2H3. The highest BCUT2D eigenvalue weighted by Crippen LogP contribution is 2.13. The zero-order valence-corrected chi connectivity index (χ0v) is 12.7. The molecule has 1 atom stereocenters. The maximum atomic E-state index is 12.2. The van der Waals surface area contributed by atoms with Gasteiger partial charge in [0.2, 0.25) is 5.91 Å². The highest BCUT2D eigenvalue weighted by molar-refractivity contribution is 7.98. The Bertz CT molecular complexity index is 236. The molecule has 0 spiro atoms. The third-order valence-electron chi connectivity index (χ3n) is 3.45. The second-order valence-corrected chi connectivity index (χ2v) is 6.01. The molecule has 0 aromatic heterocycles. The van der Waals surface area contributed by atoms with Crippen LogP contribution in [-0.2, 0) is 4.79 Å². The van der Waals surface area contributed by atoms with Gasteiger partial charge in [-0.3, -0.25) is 4.79 Å². The van der Waals surface area contributed by atoms with E-state index in [9.17, 15) is 4.79 Å². The summed E-state index contributed by atoms with van der Waals surface area (Å²) in [5.41, 5.74) is 0. The van der Waals surface area contributed by atoms with E-state index in [1.54, 1.807) is 0 Å². The van der Waals surface area contributed by atoms with Gasteiger partial charge >= 0.3 is 0 Å². The Kier molecular flexibility index (Phi) is 8.51. The zero-order chi connectivity index (χ0) is 13.2. The summed E-state index contributed by atoms with van der Waals surface area (Å²) in [6.45, 7) is 5.02. The number of hydrogen-bond acceptors (Lipinski definition) is 3. The maximum absolute atomic E-state index is 12.2. The van der Waals surface area contributed by atoms with Crippen LogP contribution in [0.2, 0.25) is 0 Å². The number of nitrogens with zero attached hydrogens (tertiary/aromatic N) is 1. The van der Waals surface area contributed by atoms with Crippen LogP contribution in [0.15, 0.2) is 0 Å². The lowest BCUT2D eigenvalue weighted by Gasteiger charge is -2.32. The first kappa shape index (κ1) is 15.8. The Labute approximate surface area is 116 Å². The number of nitrogens with one attached hydrogen (secondary N) is 1. The Morgan fingerprint density at radius 1 is 1.39 bits per heavy atom. The van der Waals surface area contributed by atoms with E-state index in [1.807, 2.05) is 11.8 Å². The van der Waals surface area contributed by atoms with E-state index >= 15 is 0 Å². The molecule has 0 aromatic rings. The van der Waals surface area contributed by atoms with E-state index < -0.39 is 0 Å².